The second-order valence-corrected chi connectivity index (χ2v) is 6.47. The summed E-state index contributed by atoms with van der Waals surface area (Å²) in [5, 5.41) is 7.66. The highest BCUT2D eigenvalue weighted by Crippen LogP contribution is 2.22. The highest BCUT2D eigenvalue weighted by Gasteiger charge is 2.02. The number of nitrogens with zero attached hydrogens (tertiary/aromatic N) is 2. The second-order valence-electron chi connectivity index (χ2n) is 3.92. The molecule has 0 bridgehead atoms. The van der Waals surface area contributed by atoms with Crippen LogP contribution in [0.25, 0.3) is 0 Å². The maximum absolute atomic E-state index is 4.98. The average Bonchev–Trinajstić information content (AvgIpc) is 2.95. The Morgan fingerprint density at radius 2 is 2.39 bits per heavy atom. The number of hydrogen-bond acceptors (Lipinski definition) is 4. The van der Waals surface area contributed by atoms with Crippen LogP contribution in [0.3, 0.4) is 0 Å². The van der Waals surface area contributed by atoms with Crippen molar-refractivity contribution in [3.05, 3.63) is 38.8 Å². The Hall–Kier alpha value is -0.690. The Kier molecular flexibility index (Phi) is 5.37. The Balaban J connectivity index is 1.82. The van der Waals surface area contributed by atoms with Crippen molar-refractivity contribution in [1.29, 1.82) is 0 Å². The summed E-state index contributed by atoms with van der Waals surface area (Å²) in [7, 11) is 1.71. The van der Waals surface area contributed by atoms with E-state index in [4.69, 9.17) is 4.74 Å². The number of hydrogen-bond donors (Lipinski definition) is 1. The average molecular weight is 330 g/mol. The third kappa shape index (κ3) is 4.20. The largest absolute Gasteiger partial charge is 0.383 e. The van der Waals surface area contributed by atoms with E-state index >= 15 is 0 Å². The zero-order valence-corrected chi connectivity index (χ0v) is 12.6. The number of halogens is 1. The Morgan fingerprint density at radius 1 is 1.50 bits per heavy atom. The van der Waals surface area contributed by atoms with Gasteiger partial charge >= 0.3 is 0 Å². The summed E-state index contributed by atoms with van der Waals surface area (Å²) in [4.78, 5) is 1.30. The quantitative estimate of drug-likeness (QED) is 0.793. The molecule has 4 nitrogen and oxygen atoms in total. The van der Waals surface area contributed by atoms with Crippen LogP contribution in [0.15, 0.2) is 28.3 Å². The molecule has 0 saturated carbocycles. The summed E-state index contributed by atoms with van der Waals surface area (Å²) >= 11 is 5.21. The van der Waals surface area contributed by atoms with Crippen LogP contribution < -0.4 is 5.32 Å². The minimum atomic E-state index is 0.733. The summed E-state index contributed by atoms with van der Waals surface area (Å²) in [5.41, 5.74) is 1.20. The van der Waals surface area contributed by atoms with E-state index in [1.54, 1.807) is 18.4 Å². The lowest BCUT2D eigenvalue weighted by Crippen LogP contribution is -2.18. The van der Waals surface area contributed by atoms with Crippen molar-refractivity contribution in [1.82, 2.24) is 15.1 Å². The molecule has 2 heterocycles. The van der Waals surface area contributed by atoms with Crippen LogP contribution in [0, 0.1) is 0 Å². The van der Waals surface area contributed by atoms with E-state index in [-0.39, 0.29) is 0 Å². The third-order valence-electron chi connectivity index (χ3n) is 2.45. The normalized spacial score (nSPS) is 11.0. The summed E-state index contributed by atoms with van der Waals surface area (Å²) in [5.74, 6) is 0. The molecule has 0 unspecified atom stereocenters. The predicted molar refractivity (Wildman–Crippen MR) is 76.9 cm³/mol. The lowest BCUT2D eigenvalue weighted by molar-refractivity contribution is 0.199. The molecule has 18 heavy (non-hydrogen) atoms. The monoisotopic (exact) mass is 329 g/mol. The minimum absolute atomic E-state index is 0.733. The molecule has 0 aliphatic heterocycles. The molecule has 0 radical (unpaired) electrons. The standard InChI is InChI=1S/C12H16BrN3OS/c1-17-5-4-14-6-10-7-15-16(8-10)9-11-2-3-12(13)18-11/h2-3,7-8,14H,4-6,9H2,1H3. The molecule has 2 rings (SSSR count). The highest BCUT2D eigenvalue weighted by molar-refractivity contribution is 9.11. The molecule has 0 atom stereocenters. The third-order valence-corrected chi connectivity index (χ3v) is 4.05. The Bertz CT molecular complexity index is 483. The molecule has 0 spiro atoms. The van der Waals surface area contributed by atoms with Crippen molar-refractivity contribution in [3.63, 3.8) is 0 Å². The van der Waals surface area contributed by atoms with E-state index in [0.29, 0.717) is 0 Å². The molecule has 0 amide bonds. The van der Waals surface area contributed by atoms with Gasteiger partial charge in [-0.2, -0.15) is 5.10 Å². The topological polar surface area (TPSA) is 39.1 Å². The smallest absolute Gasteiger partial charge is 0.0752 e. The fraction of sp³-hybridized carbons (Fsp3) is 0.417. The van der Waals surface area contributed by atoms with Gasteiger partial charge in [-0.3, -0.25) is 4.68 Å². The van der Waals surface area contributed by atoms with Gasteiger partial charge in [-0.15, -0.1) is 11.3 Å². The van der Waals surface area contributed by atoms with E-state index < -0.39 is 0 Å². The molecule has 0 aromatic carbocycles. The Morgan fingerprint density at radius 3 is 3.11 bits per heavy atom. The molecule has 6 heteroatoms. The van der Waals surface area contributed by atoms with E-state index in [1.807, 2.05) is 10.9 Å². The van der Waals surface area contributed by atoms with Crippen molar-refractivity contribution in [2.75, 3.05) is 20.3 Å². The van der Waals surface area contributed by atoms with Gasteiger partial charge < -0.3 is 10.1 Å². The minimum Gasteiger partial charge on any atom is -0.383 e. The van der Waals surface area contributed by atoms with Gasteiger partial charge in [0.05, 0.1) is 23.1 Å². The number of aromatic nitrogens is 2. The van der Waals surface area contributed by atoms with Gasteiger partial charge in [0, 0.05) is 36.8 Å². The van der Waals surface area contributed by atoms with Gasteiger partial charge in [0.2, 0.25) is 0 Å². The van der Waals surface area contributed by atoms with Crippen molar-refractivity contribution >= 4 is 27.3 Å². The zero-order valence-electron chi connectivity index (χ0n) is 10.2. The van der Waals surface area contributed by atoms with Crippen molar-refractivity contribution in [2.24, 2.45) is 0 Å². The molecule has 0 aliphatic carbocycles. The summed E-state index contributed by atoms with van der Waals surface area (Å²) < 4.78 is 8.10. The number of ether oxygens (including phenoxy) is 1. The van der Waals surface area contributed by atoms with Crippen molar-refractivity contribution in [2.45, 2.75) is 13.1 Å². The molecule has 0 saturated heterocycles. The van der Waals surface area contributed by atoms with Gasteiger partial charge in [0.15, 0.2) is 0 Å². The zero-order chi connectivity index (χ0) is 12.8. The summed E-state index contributed by atoms with van der Waals surface area (Å²) in [6.07, 6.45) is 3.98. The first-order valence-electron chi connectivity index (χ1n) is 5.73. The van der Waals surface area contributed by atoms with Crippen LogP contribution in [-0.2, 0) is 17.8 Å². The summed E-state index contributed by atoms with van der Waals surface area (Å²) in [6.45, 7) is 3.25. The van der Waals surface area contributed by atoms with Gasteiger partial charge in [0.25, 0.3) is 0 Å². The lowest BCUT2D eigenvalue weighted by Gasteiger charge is -2.01. The first kappa shape index (κ1) is 13.7. The van der Waals surface area contributed by atoms with E-state index in [0.717, 1.165) is 30.0 Å². The molecular formula is C12H16BrN3OS. The number of methoxy groups -OCH3 is 1. The first-order valence-corrected chi connectivity index (χ1v) is 7.34. The maximum Gasteiger partial charge on any atom is 0.0752 e. The van der Waals surface area contributed by atoms with Crippen molar-refractivity contribution < 1.29 is 4.74 Å². The number of thiophene rings is 1. The predicted octanol–water partition coefficient (Wildman–Crippen LogP) is 2.49. The maximum atomic E-state index is 4.98. The van der Waals surface area contributed by atoms with Crippen molar-refractivity contribution in [3.8, 4) is 0 Å². The van der Waals surface area contributed by atoms with Crippen LogP contribution in [0.1, 0.15) is 10.4 Å². The molecule has 2 aromatic heterocycles. The van der Waals surface area contributed by atoms with Gasteiger partial charge in [0.1, 0.15) is 0 Å². The van der Waals surface area contributed by atoms with E-state index in [1.165, 1.54) is 10.4 Å². The van der Waals surface area contributed by atoms with Gasteiger partial charge in [-0.25, -0.2) is 0 Å². The molecule has 2 aromatic rings. The Labute approximate surface area is 119 Å². The number of nitrogens with one attached hydrogen (secondary N) is 1. The first-order chi connectivity index (χ1) is 8.78. The van der Waals surface area contributed by atoms with Gasteiger partial charge in [-0.1, -0.05) is 0 Å². The fourth-order valence-corrected chi connectivity index (χ4v) is 3.06. The lowest BCUT2D eigenvalue weighted by atomic mass is 10.3. The van der Waals surface area contributed by atoms with Gasteiger partial charge in [-0.05, 0) is 28.1 Å². The SMILES string of the molecule is COCCNCc1cnn(Cc2ccc(Br)s2)c1. The molecule has 98 valence electrons. The van der Waals surface area contributed by atoms with Crippen LogP contribution in [0.5, 0.6) is 0 Å². The van der Waals surface area contributed by atoms with E-state index in [2.05, 4.69) is 44.7 Å². The van der Waals surface area contributed by atoms with Crippen LogP contribution >= 0.6 is 27.3 Å². The summed E-state index contributed by atoms with van der Waals surface area (Å²) in [6, 6.07) is 4.18. The fourth-order valence-electron chi connectivity index (χ4n) is 1.59. The van der Waals surface area contributed by atoms with Crippen LogP contribution in [0.2, 0.25) is 0 Å². The second kappa shape index (κ2) is 7.04. The molecular weight excluding hydrogens is 314 g/mol. The van der Waals surface area contributed by atoms with Crippen LogP contribution in [-0.4, -0.2) is 30.0 Å². The van der Waals surface area contributed by atoms with Crippen LogP contribution in [0.4, 0.5) is 0 Å². The van der Waals surface area contributed by atoms with E-state index in [9.17, 15) is 0 Å². The molecule has 1 N–H and O–H groups in total. The molecule has 0 aliphatic rings. The highest BCUT2D eigenvalue weighted by atomic mass is 79.9. The molecule has 0 fully saturated rings. The number of rotatable bonds is 7.